The van der Waals surface area contributed by atoms with Crippen molar-refractivity contribution in [1.82, 2.24) is 14.7 Å². The molecule has 3 rings (SSSR count). The van der Waals surface area contributed by atoms with Crippen LogP contribution in [-0.2, 0) is 20.9 Å². The van der Waals surface area contributed by atoms with Crippen molar-refractivity contribution in [3.8, 4) is 0 Å². The van der Waals surface area contributed by atoms with Crippen molar-refractivity contribution < 1.29 is 18.7 Å². The van der Waals surface area contributed by atoms with E-state index in [4.69, 9.17) is 4.74 Å². The maximum absolute atomic E-state index is 13.7. The lowest BCUT2D eigenvalue weighted by atomic mass is 9.97. The first-order valence-electron chi connectivity index (χ1n) is 8.81. The van der Waals surface area contributed by atoms with Gasteiger partial charge in [-0.2, -0.15) is 5.10 Å². The summed E-state index contributed by atoms with van der Waals surface area (Å²) >= 11 is 0. The number of hydrogen-bond donors (Lipinski definition) is 1. The maximum Gasteiger partial charge on any atom is 0.256 e. The summed E-state index contributed by atoms with van der Waals surface area (Å²) in [6.45, 7) is 6.14. The summed E-state index contributed by atoms with van der Waals surface area (Å²) in [5, 5.41) is 7.26. The fraction of sp³-hybridized carbons (Fsp3) is 0.421. The SMILES string of the molecule is CCn1nc(C)c(NC(=O)[C@H]2OCC(=O)N(C)[C@H]2c2cccc(F)c2)c1C. The third-order valence-corrected chi connectivity index (χ3v) is 4.86. The van der Waals surface area contributed by atoms with Gasteiger partial charge in [-0.1, -0.05) is 12.1 Å². The summed E-state index contributed by atoms with van der Waals surface area (Å²) in [7, 11) is 1.59. The minimum absolute atomic E-state index is 0.202. The molecule has 0 spiro atoms. The molecule has 0 unspecified atom stereocenters. The number of carbonyl (C=O) groups is 2. The Bertz CT molecular complexity index is 880. The second-order valence-electron chi connectivity index (χ2n) is 6.59. The van der Waals surface area contributed by atoms with E-state index < -0.39 is 23.9 Å². The van der Waals surface area contributed by atoms with Crippen LogP contribution < -0.4 is 5.32 Å². The first kappa shape index (κ1) is 19.0. The van der Waals surface area contributed by atoms with Gasteiger partial charge in [-0.3, -0.25) is 14.3 Å². The van der Waals surface area contributed by atoms with Gasteiger partial charge < -0.3 is 15.0 Å². The zero-order valence-corrected chi connectivity index (χ0v) is 15.8. The zero-order chi connectivity index (χ0) is 19.7. The quantitative estimate of drug-likeness (QED) is 0.890. The van der Waals surface area contributed by atoms with Crippen LogP contribution in [0.2, 0.25) is 0 Å². The largest absolute Gasteiger partial charge is 0.356 e. The van der Waals surface area contributed by atoms with Crippen LogP contribution in [-0.4, -0.2) is 46.3 Å². The van der Waals surface area contributed by atoms with E-state index in [2.05, 4.69) is 10.4 Å². The number of benzene rings is 1. The summed E-state index contributed by atoms with van der Waals surface area (Å²) in [4.78, 5) is 26.5. The van der Waals surface area contributed by atoms with Crippen LogP contribution in [0.3, 0.4) is 0 Å². The molecule has 1 N–H and O–H groups in total. The number of morpholine rings is 1. The minimum atomic E-state index is -0.960. The van der Waals surface area contributed by atoms with Gasteiger partial charge in [0.1, 0.15) is 12.4 Å². The molecule has 0 radical (unpaired) electrons. The van der Waals surface area contributed by atoms with Crippen molar-refractivity contribution in [2.24, 2.45) is 0 Å². The molecule has 1 fully saturated rings. The van der Waals surface area contributed by atoms with Crippen LogP contribution in [0.25, 0.3) is 0 Å². The number of amides is 2. The van der Waals surface area contributed by atoms with Crippen molar-refractivity contribution in [3.63, 3.8) is 0 Å². The number of carbonyl (C=O) groups excluding carboxylic acids is 2. The van der Waals surface area contributed by atoms with Crippen molar-refractivity contribution in [2.75, 3.05) is 19.0 Å². The molecule has 7 nitrogen and oxygen atoms in total. The smallest absolute Gasteiger partial charge is 0.256 e. The Labute approximate surface area is 157 Å². The van der Waals surface area contributed by atoms with E-state index >= 15 is 0 Å². The predicted octanol–water partition coefficient (Wildman–Crippen LogP) is 2.20. The van der Waals surface area contributed by atoms with Gasteiger partial charge in [0.2, 0.25) is 5.91 Å². The summed E-state index contributed by atoms with van der Waals surface area (Å²) in [5.41, 5.74) is 2.67. The Hall–Kier alpha value is -2.74. The molecule has 2 heterocycles. The monoisotopic (exact) mass is 374 g/mol. The average Bonchev–Trinajstić information content (AvgIpc) is 2.91. The molecule has 1 saturated heterocycles. The third-order valence-electron chi connectivity index (χ3n) is 4.86. The number of halogens is 1. The average molecular weight is 374 g/mol. The summed E-state index contributed by atoms with van der Waals surface area (Å²) in [5.74, 6) is -1.10. The Morgan fingerprint density at radius 1 is 1.41 bits per heavy atom. The van der Waals surface area contributed by atoms with E-state index in [1.807, 2.05) is 20.8 Å². The van der Waals surface area contributed by atoms with Gasteiger partial charge in [-0.15, -0.1) is 0 Å². The fourth-order valence-electron chi connectivity index (χ4n) is 3.40. The van der Waals surface area contributed by atoms with E-state index in [0.717, 1.165) is 5.69 Å². The molecule has 1 aromatic heterocycles. The summed E-state index contributed by atoms with van der Waals surface area (Å²) in [6, 6.07) is 5.14. The van der Waals surface area contributed by atoms with E-state index in [9.17, 15) is 14.0 Å². The highest BCUT2D eigenvalue weighted by Crippen LogP contribution is 2.31. The number of nitrogens with one attached hydrogen (secondary N) is 1. The van der Waals surface area contributed by atoms with Gasteiger partial charge in [0.25, 0.3) is 5.91 Å². The lowest BCUT2D eigenvalue weighted by Gasteiger charge is -2.38. The molecule has 1 aromatic carbocycles. The first-order chi connectivity index (χ1) is 12.8. The van der Waals surface area contributed by atoms with Crippen molar-refractivity contribution in [2.45, 2.75) is 39.5 Å². The van der Waals surface area contributed by atoms with Crippen LogP contribution in [0.15, 0.2) is 24.3 Å². The zero-order valence-electron chi connectivity index (χ0n) is 15.8. The van der Waals surface area contributed by atoms with Crippen molar-refractivity contribution in [3.05, 3.63) is 47.0 Å². The van der Waals surface area contributed by atoms with Crippen LogP contribution in [0.4, 0.5) is 10.1 Å². The molecule has 27 heavy (non-hydrogen) atoms. The Morgan fingerprint density at radius 3 is 2.78 bits per heavy atom. The molecular weight excluding hydrogens is 351 g/mol. The number of ether oxygens (including phenoxy) is 1. The van der Waals surface area contributed by atoms with Gasteiger partial charge in [0, 0.05) is 13.6 Å². The van der Waals surface area contributed by atoms with Crippen molar-refractivity contribution in [1.29, 1.82) is 0 Å². The molecule has 0 aliphatic carbocycles. The Morgan fingerprint density at radius 2 is 2.15 bits per heavy atom. The molecule has 2 amide bonds. The second-order valence-corrected chi connectivity index (χ2v) is 6.59. The lowest BCUT2D eigenvalue weighted by molar-refractivity contribution is -0.160. The number of rotatable bonds is 4. The number of aryl methyl sites for hydroxylation is 2. The lowest BCUT2D eigenvalue weighted by Crippen LogP contribution is -2.51. The van der Waals surface area contributed by atoms with E-state index in [0.29, 0.717) is 23.5 Å². The van der Waals surface area contributed by atoms with E-state index in [1.165, 1.54) is 17.0 Å². The van der Waals surface area contributed by atoms with Gasteiger partial charge in [0.05, 0.1) is 23.1 Å². The summed E-state index contributed by atoms with van der Waals surface area (Å²) < 4.78 is 21.1. The highest BCUT2D eigenvalue weighted by Gasteiger charge is 2.40. The molecule has 144 valence electrons. The number of anilines is 1. The number of likely N-dealkylation sites (N-methyl/N-ethyl adjacent to an activating group) is 1. The molecule has 2 atom stereocenters. The molecule has 0 bridgehead atoms. The summed E-state index contributed by atoms with van der Waals surface area (Å²) in [6.07, 6.45) is -0.960. The molecule has 2 aromatic rings. The highest BCUT2D eigenvalue weighted by molar-refractivity contribution is 5.97. The molecular formula is C19H23FN4O3. The highest BCUT2D eigenvalue weighted by atomic mass is 19.1. The van der Waals surface area contributed by atoms with Crippen LogP contribution in [0, 0.1) is 19.7 Å². The van der Waals surface area contributed by atoms with E-state index in [-0.39, 0.29) is 12.5 Å². The van der Waals surface area contributed by atoms with Gasteiger partial charge in [-0.05, 0) is 38.5 Å². The van der Waals surface area contributed by atoms with Gasteiger partial charge >= 0.3 is 0 Å². The van der Waals surface area contributed by atoms with Crippen LogP contribution in [0.1, 0.15) is 29.9 Å². The molecule has 1 aliphatic heterocycles. The Balaban J connectivity index is 1.92. The maximum atomic E-state index is 13.7. The fourth-order valence-corrected chi connectivity index (χ4v) is 3.40. The Kier molecular flexibility index (Phi) is 5.27. The van der Waals surface area contributed by atoms with Crippen LogP contribution >= 0.6 is 0 Å². The minimum Gasteiger partial charge on any atom is -0.356 e. The van der Waals surface area contributed by atoms with E-state index in [1.54, 1.807) is 23.9 Å². The normalized spacial score (nSPS) is 20.0. The van der Waals surface area contributed by atoms with Gasteiger partial charge in [-0.25, -0.2) is 4.39 Å². The topological polar surface area (TPSA) is 76.5 Å². The number of hydrogen-bond acceptors (Lipinski definition) is 4. The number of nitrogens with zero attached hydrogens (tertiary/aromatic N) is 3. The predicted molar refractivity (Wildman–Crippen MR) is 97.7 cm³/mol. The van der Waals surface area contributed by atoms with Crippen molar-refractivity contribution >= 4 is 17.5 Å². The first-order valence-corrected chi connectivity index (χ1v) is 8.81. The van der Waals surface area contributed by atoms with Crippen LogP contribution in [0.5, 0.6) is 0 Å². The number of aromatic nitrogens is 2. The third kappa shape index (κ3) is 3.57. The van der Waals surface area contributed by atoms with Gasteiger partial charge in [0.15, 0.2) is 6.10 Å². The molecule has 0 saturated carbocycles. The standard InChI is InChI=1S/C19H23FN4O3/c1-5-24-12(3)16(11(2)22-24)21-19(26)18-17(23(4)15(25)10-27-18)13-7-6-8-14(20)9-13/h6-9,17-18H,5,10H2,1-4H3,(H,21,26)/t17-,18-/m0/s1. The second kappa shape index (κ2) is 7.48. The molecule has 8 heteroatoms. The molecule has 1 aliphatic rings.